The van der Waals surface area contributed by atoms with Crippen LogP contribution < -0.4 is 4.90 Å². The first-order valence-electron chi connectivity index (χ1n) is 8.89. The van der Waals surface area contributed by atoms with Gasteiger partial charge in [0.1, 0.15) is 6.10 Å². The summed E-state index contributed by atoms with van der Waals surface area (Å²) in [5, 5.41) is 0. The Labute approximate surface area is 145 Å². The van der Waals surface area contributed by atoms with Gasteiger partial charge in [0.2, 0.25) is 5.91 Å². The van der Waals surface area contributed by atoms with Crippen LogP contribution in [-0.4, -0.2) is 17.8 Å². The van der Waals surface area contributed by atoms with Crippen molar-refractivity contribution in [2.75, 3.05) is 4.90 Å². The summed E-state index contributed by atoms with van der Waals surface area (Å²) in [4.78, 5) is 27.9. The van der Waals surface area contributed by atoms with Crippen molar-refractivity contribution >= 4 is 17.4 Å². The van der Waals surface area contributed by atoms with E-state index in [0.29, 0.717) is 0 Å². The van der Waals surface area contributed by atoms with Gasteiger partial charge in [-0.15, -0.1) is 0 Å². The zero-order valence-corrected chi connectivity index (χ0v) is 13.5. The summed E-state index contributed by atoms with van der Waals surface area (Å²) >= 11 is 0. The number of ketones is 1. The van der Waals surface area contributed by atoms with E-state index in [1.807, 2.05) is 65.6 Å². The third-order valence-corrected chi connectivity index (χ3v) is 6.64. The minimum atomic E-state index is -0.847. The van der Waals surface area contributed by atoms with Gasteiger partial charge < -0.3 is 4.74 Å². The summed E-state index contributed by atoms with van der Waals surface area (Å²) in [6.07, 6.45) is 0.452. The molecule has 6 unspecified atom stereocenters. The maximum Gasteiger partial charge on any atom is 0.233 e. The zero-order valence-electron chi connectivity index (χ0n) is 13.5. The molecule has 2 aromatic rings. The van der Waals surface area contributed by atoms with E-state index in [-0.39, 0.29) is 41.5 Å². The van der Waals surface area contributed by atoms with Gasteiger partial charge in [-0.25, -0.2) is 0 Å². The molecule has 0 radical (unpaired) electrons. The number of carbonyl (C=O) groups is 2. The number of Topliss-reactive ketones (excluding diaryl/α,β-unsaturated/α-hetero) is 1. The lowest BCUT2D eigenvalue weighted by Crippen LogP contribution is -2.48. The Bertz CT molecular complexity index is 896. The summed E-state index contributed by atoms with van der Waals surface area (Å²) in [6, 6.07) is 19.7. The van der Waals surface area contributed by atoms with Gasteiger partial charge in [-0.2, -0.15) is 0 Å². The molecule has 4 nitrogen and oxygen atoms in total. The van der Waals surface area contributed by atoms with Gasteiger partial charge in [-0.3, -0.25) is 14.5 Å². The van der Waals surface area contributed by atoms with Crippen molar-refractivity contribution in [3.05, 3.63) is 66.2 Å². The predicted octanol–water partition coefficient (Wildman–Crippen LogP) is 2.74. The second-order valence-corrected chi connectivity index (χ2v) is 7.57. The summed E-state index contributed by atoms with van der Waals surface area (Å²) in [5.41, 5.74) is 0.974. The van der Waals surface area contributed by atoms with Crippen LogP contribution in [0.4, 0.5) is 5.69 Å². The fourth-order valence-electron chi connectivity index (χ4n) is 5.88. The fourth-order valence-corrected chi connectivity index (χ4v) is 5.88. The van der Waals surface area contributed by atoms with Gasteiger partial charge in [0.15, 0.2) is 11.5 Å². The number of fused-ring (bicyclic) bond motifs is 2. The average Bonchev–Trinajstić information content (AvgIpc) is 3.32. The number of hydrogen-bond acceptors (Lipinski definition) is 3. The van der Waals surface area contributed by atoms with E-state index in [1.54, 1.807) is 0 Å². The van der Waals surface area contributed by atoms with E-state index in [2.05, 4.69) is 0 Å². The molecule has 0 N–H and O–H groups in total. The lowest BCUT2D eigenvalue weighted by Gasteiger charge is -2.38. The minimum Gasteiger partial charge on any atom is -0.339 e. The second-order valence-electron chi connectivity index (χ2n) is 7.57. The highest BCUT2D eigenvalue weighted by atomic mass is 16.5. The number of ether oxygens (including phenoxy) is 1. The lowest BCUT2D eigenvalue weighted by atomic mass is 9.76. The Morgan fingerprint density at radius 1 is 0.960 bits per heavy atom. The molecule has 124 valence electrons. The molecule has 4 fully saturated rings. The molecule has 2 saturated carbocycles. The van der Waals surface area contributed by atoms with Gasteiger partial charge in [0.05, 0.1) is 5.92 Å². The predicted molar refractivity (Wildman–Crippen MR) is 90.5 cm³/mol. The van der Waals surface area contributed by atoms with Gasteiger partial charge in [0.25, 0.3) is 0 Å². The smallest absolute Gasteiger partial charge is 0.233 e. The first-order valence-corrected chi connectivity index (χ1v) is 8.89. The number of rotatable bonds is 2. The molecule has 0 spiro atoms. The zero-order chi connectivity index (χ0) is 16.8. The Balaban J connectivity index is 1.63. The molecule has 2 bridgehead atoms. The number of carbonyl (C=O) groups excluding carboxylic acids is 2. The van der Waals surface area contributed by atoms with Crippen molar-refractivity contribution < 1.29 is 14.3 Å². The number of amides is 1. The van der Waals surface area contributed by atoms with Crippen LogP contribution in [0.15, 0.2) is 60.7 Å². The minimum absolute atomic E-state index is 0.0408. The lowest BCUT2D eigenvalue weighted by molar-refractivity contribution is -0.142. The van der Waals surface area contributed by atoms with E-state index in [4.69, 9.17) is 4.74 Å². The van der Waals surface area contributed by atoms with Gasteiger partial charge in [-0.05, 0) is 18.6 Å². The highest BCUT2D eigenvalue weighted by molar-refractivity contribution is 6.06. The third-order valence-electron chi connectivity index (χ3n) is 6.64. The third kappa shape index (κ3) is 1.40. The van der Waals surface area contributed by atoms with Crippen molar-refractivity contribution in [1.82, 2.24) is 0 Å². The molecule has 2 heterocycles. The van der Waals surface area contributed by atoms with Crippen molar-refractivity contribution in [3.63, 3.8) is 0 Å². The van der Waals surface area contributed by atoms with Crippen molar-refractivity contribution in [3.8, 4) is 0 Å². The van der Waals surface area contributed by atoms with Crippen LogP contribution in [0.5, 0.6) is 0 Å². The topological polar surface area (TPSA) is 46.6 Å². The Hall–Kier alpha value is -2.46. The molecule has 25 heavy (non-hydrogen) atoms. The standard InChI is InChI=1S/C21H17NO3/c23-18-14-11-15-17-16(14)20(24)22(13-9-5-2-6-10-13)21(17,25-19(15)18)12-7-3-1-4-8-12/h1-10,14-17,19H,11H2. The van der Waals surface area contributed by atoms with Crippen LogP contribution in [-0.2, 0) is 20.1 Å². The number of anilines is 1. The largest absolute Gasteiger partial charge is 0.339 e. The van der Waals surface area contributed by atoms with E-state index in [9.17, 15) is 9.59 Å². The quantitative estimate of drug-likeness (QED) is 0.850. The van der Waals surface area contributed by atoms with Crippen molar-refractivity contribution in [2.24, 2.45) is 23.7 Å². The highest BCUT2D eigenvalue weighted by Crippen LogP contribution is 2.69. The first kappa shape index (κ1) is 13.8. The molecule has 2 aliphatic heterocycles. The number of hydrogen-bond donors (Lipinski definition) is 0. The normalized spacial score (nSPS) is 40.3. The maximum absolute atomic E-state index is 13.4. The van der Waals surface area contributed by atoms with Crippen molar-refractivity contribution in [1.29, 1.82) is 0 Å². The van der Waals surface area contributed by atoms with E-state index in [0.717, 1.165) is 17.7 Å². The fraction of sp³-hybridized carbons (Fsp3) is 0.333. The number of benzene rings is 2. The summed E-state index contributed by atoms with van der Waals surface area (Å²) in [5.74, 6) is 0.0170. The molecular formula is C21H17NO3. The molecule has 2 aliphatic carbocycles. The Kier molecular flexibility index (Phi) is 2.42. The van der Waals surface area contributed by atoms with Crippen LogP contribution in [0.1, 0.15) is 12.0 Å². The SMILES string of the molecule is O=C1C2CC3C1OC1(c4ccccc4)C3C2C(=O)N1c1ccccc1. The van der Waals surface area contributed by atoms with Gasteiger partial charge in [-0.1, -0.05) is 48.5 Å². The molecule has 1 amide bonds. The molecule has 2 saturated heterocycles. The van der Waals surface area contributed by atoms with E-state index >= 15 is 0 Å². The van der Waals surface area contributed by atoms with E-state index in [1.165, 1.54) is 0 Å². The molecule has 6 rings (SSSR count). The Morgan fingerprint density at radius 3 is 2.36 bits per heavy atom. The second kappa shape index (κ2) is 4.38. The molecule has 0 aromatic heterocycles. The molecule has 4 heteroatoms. The van der Waals surface area contributed by atoms with Gasteiger partial charge >= 0.3 is 0 Å². The number of para-hydroxylation sites is 1. The summed E-state index contributed by atoms with van der Waals surface area (Å²) < 4.78 is 6.51. The molecule has 4 aliphatic rings. The van der Waals surface area contributed by atoms with E-state index < -0.39 is 5.72 Å². The van der Waals surface area contributed by atoms with Crippen LogP contribution in [0.3, 0.4) is 0 Å². The molecular weight excluding hydrogens is 314 g/mol. The monoisotopic (exact) mass is 331 g/mol. The van der Waals surface area contributed by atoms with Gasteiger partial charge in [0, 0.05) is 29.0 Å². The Morgan fingerprint density at radius 2 is 1.64 bits per heavy atom. The first-order chi connectivity index (χ1) is 12.2. The summed E-state index contributed by atoms with van der Waals surface area (Å²) in [7, 11) is 0. The van der Waals surface area contributed by atoms with Crippen LogP contribution in [0.2, 0.25) is 0 Å². The van der Waals surface area contributed by atoms with Crippen LogP contribution in [0.25, 0.3) is 0 Å². The number of nitrogens with zero attached hydrogens (tertiary/aromatic N) is 1. The molecule has 6 atom stereocenters. The van der Waals surface area contributed by atoms with Crippen molar-refractivity contribution in [2.45, 2.75) is 18.2 Å². The van der Waals surface area contributed by atoms with Crippen LogP contribution in [0, 0.1) is 23.7 Å². The van der Waals surface area contributed by atoms with Crippen LogP contribution >= 0.6 is 0 Å². The maximum atomic E-state index is 13.4. The highest BCUT2D eigenvalue weighted by Gasteiger charge is 2.79. The molecule has 2 aromatic carbocycles. The summed E-state index contributed by atoms with van der Waals surface area (Å²) in [6.45, 7) is 0. The average molecular weight is 331 g/mol.